The molecule has 2 unspecified atom stereocenters. The van der Waals surface area contributed by atoms with Crippen LogP contribution >= 0.6 is 11.3 Å². The molecule has 0 saturated heterocycles. The van der Waals surface area contributed by atoms with Crippen molar-refractivity contribution in [3.8, 4) is 0 Å². The van der Waals surface area contributed by atoms with Crippen LogP contribution in [0.4, 0.5) is 0 Å². The zero-order valence-electron chi connectivity index (χ0n) is 10.2. The van der Waals surface area contributed by atoms with Crippen molar-refractivity contribution in [3.05, 3.63) is 16.1 Å². The Morgan fingerprint density at radius 1 is 1.40 bits per heavy atom. The second-order valence-corrected chi connectivity index (χ2v) is 5.04. The van der Waals surface area contributed by atoms with Gasteiger partial charge in [0.15, 0.2) is 0 Å². The van der Waals surface area contributed by atoms with Crippen molar-refractivity contribution in [2.24, 2.45) is 0 Å². The molecule has 1 heterocycles. The van der Waals surface area contributed by atoms with Crippen molar-refractivity contribution in [2.45, 2.75) is 52.5 Å². The number of likely N-dealkylation sites (N-methyl/N-ethyl adjacent to an activating group) is 1. The lowest BCUT2D eigenvalue weighted by atomic mass is 10.1. The highest BCUT2D eigenvalue weighted by molar-refractivity contribution is 7.09. The summed E-state index contributed by atoms with van der Waals surface area (Å²) in [7, 11) is 0. The van der Waals surface area contributed by atoms with Crippen LogP contribution in [0.2, 0.25) is 0 Å². The van der Waals surface area contributed by atoms with E-state index in [2.05, 4.69) is 43.4 Å². The molecule has 0 saturated carbocycles. The molecule has 1 aromatic rings. The Morgan fingerprint density at radius 3 is 2.73 bits per heavy atom. The van der Waals surface area contributed by atoms with Crippen molar-refractivity contribution in [2.75, 3.05) is 6.54 Å². The molecule has 1 N–H and O–H groups in total. The van der Waals surface area contributed by atoms with Gasteiger partial charge in [0.25, 0.3) is 0 Å². The molecule has 2 nitrogen and oxygen atoms in total. The third-order valence-electron chi connectivity index (χ3n) is 2.67. The van der Waals surface area contributed by atoms with Gasteiger partial charge in [0.2, 0.25) is 0 Å². The molecule has 0 fully saturated rings. The monoisotopic (exact) mass is 226 g/mol. The van der Waals surface area contributed by atoms with E-state index in [1.165, 1.54) is 17.1 Å². The number of thiazole rings is 1. The summed E-state index contributed by atoms with van der Waals surface area (Å²) in [6.07, 6.45) is 2.22. The van der Waals surface area contributed by atoms with Gasteiger partial charge in [-0.15, -0.1) is 11.3 Å². The molecule has 0 amide bonds. The van der Waals surface area contributed by atoms with Crippen LogP contribution in [0, 0.1) is 0 Å². The highest BCUT2D eigenvalue weighted by atomic mass is 32.1. The van der Waals surface area contributed by atoms with E-state index in [-0.39, 0.29) is 0 Å². The van der Waals surface area contributed by atoms with Crippen LogP contribution in [0.5, 0.6) is 0 Å². The average molecular weight is 226 g/mol. The van der Waals surface area contributed by atoms with Crippen LogP contribution in [-0.2, 0) is 6.42 Å². The molecule has 0 aliphatic rings. The summed E-state index contributed by atoms with van der Waals surface area (Å²) >= 11 is 1.80. The van der Waals surface area contributed by atoms with Crippen molar-refractivity contribution in [3.63, 3.8) is 0 Å². The Hall–Kier alpha value is -0.410. The maximum absolute atomic E-state index is 4.68. The molecule has 86 valence electrons. The highest BCUT2D eigenvalue weighted by Gasteiger charge is 2.10. The predicted octanol–water partition coefficient (Wildman–Crippen LogP) is 3.20. The highest BCUT2D eigenvalue weighted by Crippen LogP contribution is 2.22. The fourth-order valence-corrected chi connectivity index (χ4v) is 2.53. The Balaban J connectivity index is 2.52. The van der Waals surface area contributed by atoms with Gasteiger partial charge in [-0.1, -0.05) is 20.8 Å². The smallest absolute Gasteiger partial charge is 0.0956 e. The average Bonchev–Trinajstić information content (AvgIpc) is 2.65. The van der Waals surface area contributed by atoms with Crippen molar-refractivity contribution < 1.29 is 0 Å². The van der Waals surface area contributed by atoms with Gasteiger partial charge >= 0.3 is 0 Å². The van der Waals surface area contributed by atoms with Crippen molar-refractivity contribution in [1.29, 1.82) is 0 Å². The molecule has 0 aliphatic carbocycles. The van der Waals surface area contributed by atoms with Gasteiger partial charge in [-0.2, -0.15) is 0 Å². The van der Waals surface area contributed by atoms with E-state index in [0.29, 0.717) is 12.0 Å². The van der Waals surface area contributed by atoms with E-state index >= 15 is 0 Å². The Kier molecular flexibility index (Phi) is 5.26. The standard InChI is InChI=1S/C12H22N2S/c1-5-9(3)12-14-11(8-15-12)7-10(4)13-6-2/h8-10,13H,5-7H2,1-4H3. The number of rotatable bonds is 6. The summed E-state index contributed by atoms with van der Waals surface area (Å²) < 4.78 is 0. The van der Waals surface area contributed by atoms with E-state index in [9.17, 15) is 0 Å². The van der Waals surface area contributed by atoms with Gasteiger partial charge in [0.05, 0.1) is 10.7 Å². The number of hydrogen-bond acceptors (Lipinski definition) is 3. The van der Waals surface area contributed by atoms with E-state index in [1.54, 1.807) is 11.3 Å². The molecule has 3 heteroatoms. The van der Waals surface area contributed by atoms with Crippen LogP contribution in [0.25, 0.3) is 0 Å². The molecule has 0 aromatic carbocycles. The van der Waals surface area contributed by atoms with Gasteiger partial charge in [-0.25, -0.2) is 4.98 Å². The predicted molar refractivity (Wildman–Crippen MR) is 67.7 cm³/mol. The first-order valence-electron chi connectivity index (χ1n) is 5.85. The largest absolute Gasteiger partial charge is 0.314 e. The number of aromatic nitrogens is 1. The summed E-state index contributed by atoms with van der Waals surface area (Å²) in [5, 5.41) is 6.90. The zero-order chi connectivity index (χ0) is 11.3. The molecule has 15 heavy (non-hydrogen) atoms. The minimum absolute atomic E-state index is 0.530. The van der Waals surface area contributed by atoms with Crippen LogP contribution in [0.15, 0.2) is 5.38 Å². The molecule has 0 radical (unpaired) electrons. The topological polar surface area (TPSA) is 24.9 Å². The first-order chi connectivity index (χ1) is 7.17. The van der Waals surface area contributed by atoms with E-state index in [0.717, 1.165) is 13.0 Å². The summed E-state index contributed by atoms with van der Waals surface area (Å²) in [6, 6.07) is 0.530. The van der Waals surface area contributed by atoms with Crippen LogP contribution in [0.3, 0.4) is 0 Å². The summed E-state index contributed by atoms with van der Waals surface area (Å²) in [4.78, 5) is 4.68. The van der Waals surface area contributed by atoms with Gasteiger partial charge in [-0.3, -0.25) is 0 Å². The number of hydrogen-bond donors (Lipinski definition) is 1. The maximum atomic E-state index is 4.68. The van der Waals surface area contributed by atoms with E-state index < -0.39 is 0 Å². The minimum Gasteiger partial charge on any atom is -0.314 e. The summed E-state index contributed by atoms with van der Waals surface area (Å²) in [5.74, 6) is 0.609. The van der Waals surface area contributed by atoms with E-state index in [4.69, 9.17) is 0 Å². The third kappa shape index (κ3) is 3.92. The second-order valence-electron chi connectivity index (χ2n) is 4.15. The lowest BCUT2D eigenvalue weighted by Gasteiger charge is -2.09. The zero-order valence-corrected chi connectivity index (χ0v) is 11.0. The molecule has 0 spiro atoms. The first kappa shape index (κ1) is 12.7. The maximum Gasteiger partial charge on any atom is 0.0956 e. The van der Waals surface area contributed by atoms with Gasteiger partial charge in [0.1, 0.15) is 0 Å². The first-order valence-corrected chi connectivity index (χ1v) is 6.73. The molecule has 1 aromatic heterocycles. The fourth-order valence-electron chi connectivity index (χ4n) is 1.55. The van der Waals surface area contributed by atoms with E-state index in [1.807, 2.05) is 0 Å². The lowest BCUT2D eigenvalue weighted by Crippen LogP contribution is -2.27. The Morgan fingerprint density at radius 2 is 2.13 bits per heavy atom. The van der Waals surface area contributed by atoms with Crippen LogP contribution < -0.4 is 5.32 Å². The number of nitrogens with one attached hydrogen (secondary N) is 1. The van der Waals surface area contributed by atoms with Gasteiger partial charge in [-0.05, 0) is 19.9 Å². The van der Waals surface area contributed by atoms with Gasteiger partial charge < -0.3 is 5.32 Å². The molecule has 1 rings (SSSR count). The Labute approximate surface area is 97.1 Å². The second kappa shape index (κ2) is 6.23. The van der Waals surface area contributed by atoms with Gasteiger partial charge in [0, 0.05) is 23.8 Å². The molecular formula is C12H22N2S. The quantitative estimate of drug-likeness (QED) is 0.806. The van der Waals surface area contributed by atoms with Crippen LogP contribution in [0.1, 0.15) is 50.7 Å². The molecule has 0 bridgehead atoms. The molecule has 2 atom stereocenters. The number of nitrogens with zero attached hydrogens (tertiary/aromatic N) is 1. The normalized spacial score (nSPS) is 15.2. The fraction of sp³-hybridized carbons (Fsp3) is 0.750. The molecule has 0 aliphatic heterocycles. The Bertz CT molecular complexity index is 283. The molecular weight excluding hydrogens is 204 g/mol. The van der Waals surface area contributed by atoms with Crippen LogP contribution in [-0.4, -0.2) is 17.6 Å². The third-order valence-corrected chi connectivity index (χ3v) is 3.80. The minimum atomic E-state index is 0.530. The lowest BCUT2D eigenvalue weighted by molar-refractivity contribution is 0.559. The summed E-state index contributed by atoms with van der Waals surface area (Å²) in [6.45, 7) is 9.85. The summed E-state index contributed by atoms with van der Waals surface area (Å²) in [5.41, 5.74) is 1.24. The van der Waals surface area contributed by atoms with Crippen molar-refractivity contribution >= 4 is 11.3 Å². The van der Waals surface area contributed by atoms with Crippen molar-refractivity contribution in [1.82, 2.24) is 10.3 Å². The SMILES string of the molecule is CCNC(C)Cc1csc(C(C)CC)n1.